The molecule has 0 spiro atoms. The van der Waals surface area contributed by atoms with Gasteiger partial charge in [0.1, 0.15) is 0 Å². The van der Waals surface area contributed by atoms with Gasteiger partial charge in [-0.3, -0.25) is 4.90 Å². The van der Waals surface area contributed by atoms with Crippen LogP contribution in [0.2, 0.25) is 0 Å². The molecule has 1 N–H and O–H groups in total. The van der Waals surface area contributed by atoms with Gasteiger partial charge in [0.15, 0.2) is 17.4 Å². The maximum absolute atomic E-state index is 13.3. The van der Waals surface area contributed by atoms with Crippen LogP contribution in [0.4, 0.5) is 8.78 Å². The molecule has 0 saturated heterocycles. The molecule has 2 nitrogen and oxygen atoms in total. The first kappa shape index (κ1) is 15.9. The molecule has 1 aromatic carbocycles. The van der Waals surface area contributed by atoms with E-state index in [4.69, 9.17) is 5.11 Å². The molecule has 0 amide bonds. The lowest BCUT2D eigenvalue weighted by Crippen LogP contribution is -2.31. The van der Waals surface area contributed by atoms with Gasteiger partial charge in [0.25, 0.3) is 0 Å². The van der Waals surface area contributed by atoms with Crippen LogP contribution in [-0.2, 0) is 6.54 Å². The number of nitrogens with zero attached hydrogens (tertiary/aromatic N) is 1. The summed E-state index contributed by atoms with van der Waals surface area (Å²) in [5.74, 6) is -1.72. The van der Waals surface area contributed by atoms with E-state index < -0.39 is 17.4 Å². The van der Waals surface area contributed by atoms with Gasteiger partial charge in [-0.15, -0.1) is 0 Å². The van der Waals surface area contributed by atoms with Crippen molar-refractivity contribution in [2.24, 2.45) is 11.8 Å². The molecule has 108 valence electrons. The van der Waals surface area contributed by atoms with Crippen molar-refractivity contribution in [1.29, 1.82) is 0 Å². The van der Waals surface area contributed by atoms with Crippen molar-refractivity contribution in [3.05, 3.63) is 29.3 Å². The van der Waals surface area contributed by atoms with Gasteiger partial charge in [-0.05, 0) is 29.5 Å². The molecule has 1 aromatic rings. The molecule has 0 unspecified atom stereocenters. The van der Waals surface area contributed by atoms with Gasteiger partial charge in [-0.2, -0.15) is 0 Å². The number of aromatic hydroxyl groups is 1. The number of rotatable bonds is 6. The Morgan fingerprint density at radius 3 is 1.79 bits per heavy atom. The van der Waals surface area contributed by atoms with Gasteiger partial charge in [-0.1, -0.05) is 27.7 Å². The van der Waals surface area contributed by atoms with Crippen LogP contribution < -0.4 is 0 Å². The highest BCUT2D eigenvalue weighted by molar-refractivity contribution is 5.30. The van der Waals surface area contributed by atoms with Crippen LogP contribution in [-0.4, -0.2) is 23.1 Å². The first-order valence-electron chi connectivity index (χ1n) is 6.68. The van der Waals surface area contributed by atoms with E-state index in [2.05, 4.69) is 32.6 Å². The fourth-order valence-corrected chi connectivity index (χ4v) is 2.20. The SMILES string of the molecule is CC(C)CN(Cc1cc(F)c(O)c(F)c1)CC(C)C. The number of halogens is 2. The largest absolute Gasteiger partial charge is 0.503 e. The molecule has 0 fully saturated rings. The van der Waals surface area contributed by atoms with Crippen molar-refractivity contribution in [3.63, 3.8) is 0 Å². The lowest BCUT2D eigenvalue weighted by molar-refractivity contribution is 0.211. The fourth-order valence-electron chi connectivity index (χ4n) is 2.20. The highest BCUT2D eigenvalue weighted by Gasteiger charge is 2.14. The number of benzene rings is 1. The zero-order chi connectivity index (χ0) is 14.6. The van der Waals surface area contributed by atoms with E-state index in [0.717, 1.165) is 13.1 Å². The van der Waals surface area contributed by atoms with Gasteiger partial charge in [-0.25, -0.2) is 8.78 Å². The molecule has 19 heavy (non-hydrogen) atoms. The maximum Gasteiger partial charge on any atom is 0.187 e. The van der Waals surface area contributed by atoms with Crippen molar-refractivity contribution in [1.82, 2.24) is 4.90 Å². The average Bonchev–Trinajstić information content (AvgIpc) is 2.23. The quantitative estimate of drug-likeness (QED) is 0.851. The molecular formula is C15H23F2NO. The molecule has 0 heterocycles. The first-order chi connectivity index (χ1) is 8.79. The second-order valence-corrected chi connectivity index (χ2v) is 5.89. The van der Waals surface area contributed by atoms with Crippen LogP contribution in [0, 0.1) is 23.5 Å². The molecule has 1 rings (SSSR count). The van der Waals surface area contributed by atoms with Crippen LogP contribution in [0.15, 0.2) is 12.1 Å². The first-order valence-corrected chi connectivity index (χ1v) is 6.68. The summed E-state index contributed by atoms with van der Waals surface area (Å²) in [4.78, 5) is 2.18. The van der Waals surface area contributed by atoms with Crippen LogP contribution in [0.5, 0.6) is 5.75 Å². The fraction of sp³-hybridized carbons (Fsp3) is 0.600. The molecule has 0 radical (unpaired) electrons. The van der Waals surface area contributed by atoms with Crippen LogP contribution in [0.25, 0.3) is 0 Å². The zero-order valence-electron chi connectivity index (χ0n) is 12.1. The van der Waals surface area contributed by atoms with E-state index in [1.807, 2.05) is 0 Å². The molecule has 4 heteroatoms. The van der Waals surface area contributed by atoms with Gasteiger partial charge in [0.05, 0.1) is 0 Å². The maximum atomic E-state index is 13.3. The van der Waals surface area contributed by atoms with Crippen LogP contribution in [0.1, 0.15) is 33.3 Å². The van der Waals surface area contributed by atoms with Gasteiger partial charge >= 0.3 is 0 Å². The molecule has 0 aliphatic heterocycles. The Labute approximate surface area is 114 Å². The summed E-state index contributed by atoms with van der Waals surface area (Å²) >= 11 is 0. The van der Waals surface area contributed by atoms with E-state index in [1.54, 1.807) is 0 Å². The van der Waals surface area contributed by atoms with Crippen molar-refractivity contribution in [2.45, 2.75) is 34.2 Å². The molecule has 0 saturated carbocycles. The Kier molecular flexibility index (Phi) is 5.73. The summed E-state index contributed by atoms with van der Waals surface area (Å²) in [6.07, 6.45) is 0. The van der Waals surface area contributed by atoms with Crippen molar-refractivity contribution in [3.8, 4) is 5.75 Å². The lowest BCUT2D eigenvalue weighted by atomic mass is 10.1. The average molecular weight is 271 g/mol. The summed E-state index contributed by atoms with van der Waals surface area (Å²) in [5.41, 5.74) is 0.550. The number of phenols is 1. The Hall–Kier alpha value is -1.16. The minimum Gasteiger partial charge on any atom is -0.503 e. The third-order valence-corrected chi connectivity index (χ3v) is 2.73. The number of hydrogen-bond acceptors (Lipinski definition) is 2. The summed E-state index contributed by atoms with van der Waals surface area (Å²) in [5, 5.41) is 9.09. The molecule has 0 aliphatic carbocycles. The third-order valence-electron chi connectivity index (χ3n) is 2.73. The predicted molar refractivity (Wildman–Crippen MR) is 73.0 cm³/mol. The summed E-state index contributed by atoms with van der Waals surface area (Å²) < 4.78 is 26.6. The number of hydrogen-bond donors (Lipinski definition) is 1. The lowest BCUT2D eigenvalue weighted by Gasteiger charge is -2.26. The monoisotopic (exact) mass is 271 g/mol. The highest BCUT2D eigenvalue weighted by Crippen LogP contribution is 2.22. The highest BCUT2D eigenvalue weighted by atomic mass is 19.1. The van der Waals surface area contributed by atoms with Gasteiger partial charge < -0.3 is 5.11 Å². The molecule has 0 atom stereocenters. The Bertz CT molecular complexity index is 386. The van der Waals surface area contributed by atoms with Crippen LogP contribution in [0.3, 0.4) is 0 Å². The third kappa shape index (κ3) is 5.15. The van der Waals surface area contributed by atoms with Gasteiger partial charge in [0.2, 0.25) is 0 Å². The predicted octanol–water partition coefficient (Wildman–Crippen LogP) is 3.78. The van der Waals surface area contributed by atoms with Crippen LogP contribution >= 0.6 is 0 Å². The Morgan fingerprint density at radius 2 is 1.42 bits per heavy atom. The zero-order valence-corrected chi connectivity index (χ0v) is 12.1. The van der Waals surface area contributed by atoms with Crippen molar-refractivity contribution >= 4 is 0 Å². The smallest absolute Gasteiger partial charge is 0.187 e. The molecule has 0 aromatic heterocycles. The second kappa shape index (κ2) is 6.85. The van der Waals surface area contributed by atoms with E-state index in [-0.39, 0.29) is 0 Å². The summed E-state index contributed by atoms with van der Waals surface area (Å²) in [7, 11) is 0. The topological polar surface area (TPSA) is 23.5 Å². The molecule has 0 aliphatic rings. The number of phenolic OH excluding ortho intramolecular Hbond substituents is 1. The summed E-state index contributed by atoms with van der Waals surface area (Å²) in [6.45, 7) is 10.7. The minimum absolute atomic E-state index is 0.491. The van der Waals surface area contributed by atoms with E-state index >= 15 is 0 Å². The standard InChI is InChI=1S/C15H23F2NO/c1-10(2)7-18(8-11(3)4)9-12-5-13(16)15(19)14(17)6-12/h5-6,10-11,19H,7-9H2,1-4H3. The Morgan fingerprint density at radius 1 is 1.00 bits per heavy atom. The second-order valence-electron chi connectivity index (χ2n) is 5.89. The minimum atomic E-state index is -0.900. The molecule has 0 bridgehead atoms. The van der Waals surface area contributed by atoms with E-state index in [1.165, 1.54) is 12.1 Å². The normalized spacial score (nSPS) is 11.8. The van der Waals surface area contributed by atoms with Crippen molar-refractivity contribution < 1.29 is 13.9 Å². The van der Waals surface area contributed by atoms with Gasteiger partial charge in [0, 0.05) is 19.6 Å². The Balaban J connectivity index is 2.83. The van der Waals surface area contributed by atoms with Crippen molar-refractivity contribution in [2.75, 3.05) is 13.1 Å². The summed E-state index contributed by atoms with van der Waals surface area (Å²) in [6, 6.07) is 2.40. The van der Waals surface area contributed by atoms with E-state index in [0.29, 0.717) is 23.9 Å². The molecular weight excluding hydrogens is 248 g/mol. The van der Waals surface area contributed by atoms with E-state index in [9.17, 15) is 8.78 Å².